The van der Waals surface area contributed by atoms with Crippen LogP contribution in [-0.2, 0) is 0 Å². The fraction of sp³-hybridized carbons (Fsp3) is 1.00. The molecule has 0 aromatic carbocycles. The third-order valence-electron chi connectivity index (χ3n) is 1.91. The lowest BCUT2D eigenvalue weighted by atomic mass is 10.1. The fourth-order valence-electron chi connectivity index (χ4n) is 1.01. The lowest BCUT2D eigenvalue weighted by molar-refractivity contribution is 0.0991. The van der Waals surface area contributed by atoms with E-state index in [1.807, 2.05) is 0 Å². The van der Waals surface area contributed by atoms with Gasteiger partial charge >= 0.3 is 0 Å². The van der Waals surface area contributed by atoms with Crippen molar-refractivity contribution in [1.82, 2.24) is 0 Å². The van der Waals surface area contributed by atoms with E-state index in [4.69, 9.17) is 16.6 Å². The second-order valence-electron chi connectivity index (χ2n) is 3.05. The maximum Gasteiger partial charge on any atom is 0.0713 e. The first-order valence-electron chi connectivity index (χ1n) is 4.47. The van der Waals surface area contributed by atoms with Crippen LogP contribution in [0.25, 0.3) is 0 Å². The predicted octanol–water partition coefficient (Wildman–Crippen LogP) is -0.814. The molecule has 0 aliphatic carbocycles. The van der Waals surface area contributed by atoms with Crippen LogP contribution >= 0.6 is 0 Å². The van der Waals surface area contributed by atoms with Crippen LogP contribution in [0, 0.1) is 0 Å². The quantitative estimate of drug-likeness (QED) is 0.382. The average molecular weight is 176 g/mol. The van der Waals surface area contributed by atoms with Gasteiger partial charge in [0.1, 0.15) is 0 Å². The Morgan fingerprint density at radius 2 is 1.83 bits per heavy atom. The Hall–Kier alpha value is -0.160. The van der Waals surface area contributed by atoms with Gasteiger partial charge in [0, 0.05) is 0 Å². The van der Waals surface area contributed by atoms with Crippen molar-refractivity contribution in [3.05, 3.63) is 0 Å². The first-order valence-corrected chi connectivity index (χ1v) is 4.47. The maximum absolute atomic E-state index is 9.30. The van der Waals surface area contributed by atoms with Crippen LogP contribution in [-0.4, -0.2) is 35.5 Å². The molecule has 6 N–H and O–H groups in total. The highest BCUT2D eigenvalue weighted by atomic mass is 16.3. The number of aliphatic hydroxyl groups is 2. The molecule has 0 aliphatic heterocycles. The van der Waals surface area contributed by atoms with Gasteiger partial charge in [0.2, 0.25) is 0 Å². The highest BCUT2D eigenvalue weighted by Gasteiger charge is 2.12. The Bertz CT molecular complexity index is 101. The van der Waals surface area contributed by atoms with Crippen LogP contribution in [0.1, 0.15) is 25.7 Å². The van der Waals surface area contributed by atoms with E-state index in [-0.39, 0.29) is 6.61 Å². The van der Waals surface area contributed by atoms with E-state index in [1.54, 1.807) is 0 Å². The molecule has 0 aliphatic rings. The Morgan fingerprint density at radius 3 is 2.33 bits per heavy atom. The van der Waals surface area contributed by atoms with Crippen LogP contribution in [0.4, 0.5) is 0 Å². The number of rotatable bonds is 7. The molecular formula is C8H20N2O2. The van der Waals surface area contributed by atoms with Crippen molar-refractivity contribution < 1.29 is 10.2 Å². The zero-order valence-corrected chi connectivity index (χ0v) is 7.45. The molecule has 74 valence electrons. The van der Waals surface area contributed by atoms with Gasteiger partial charge in [-0.15, -0.1) is 0 Å². The normalized spacial score (nSPS) is 16.0. The van der Waals surface area contributed by atoms with E-state index in [2.05, 4.69) is 0 Å². The molecule has 2 unspecified atom stereocenters. The molecule has 0 fully saturated rings. The van der Waals surface area contributed by atoms with Gasteiger partial charge in [-0.25, -0.2) is 0 Å². The van der Waals surface area contributed by atoms with Crippen molar-refractivity contribution in [2.45, 2.75) is 37.8 Å². The van der Waals surface area contributed by atoms with E-state index in [9.17, 15) is 5.11 Å². The topological polar surface area (TPSA) is 92.5 Å². The molecule has 2 atom stereocenters. The van der Waals surface area contributed by atoms with E-state index >= 15 is 0 Å². The van der Waals surface area contributed by atoms with Gasteiger partial charge in [0.25, 0.3) is 0 Å². The molecule has 4 nitrogen and oxygen atoms in total. The van der Waals surface area contributed by atoms with E-state index < -0.39 is 12.1 Å². The van der Waals surface area contributed by atoms with Crippen molar-refractivity contribution in [2.75, 3.05) is 13.2 Å². The summed E-state index contributed by atoms with van der Waals surface area (Å²) in [7, 11) is 0. The summed E-state index contributed by atoms with van der Waals surface area (Å²) in [6, 6.07) is -0.497. The number of unbranched alkanes of at least 4 members (excludes halogenated alkanes) is 2. The van der Waals surface area contributed by atoms with Gasteiger partial charge in [-0.2, -0.15) is 0 Å². The minimum Gasteiger partial charge on any atom is -0.395 e. The molecule has 0 aromatic rings. The molecule has 0 heterocycles. The first kappa shape index (κ1) is 11.8. The summed E-state index contributed by atoms with van der Waals surface area (Å²) in [4.78, 5) is 0. The van der Waals surface area contributed by atoms with Gasteiger partial charge in [0.05, 0.1) is 18.8 Å². The zero-order chi connectivity index (χ0) is 9.40. The number of hydrogen-bond donors (Lipinski definition) is 4. The van der Waals surface area contributed by atoms with Gasteiger partial charge in [0.15, 0.2) is 0 Å². The molecule has 0 radical (unpaired) electrons. The molecule has 0 amide bonds. The van der Waals surface area contributed by atoms with Crippen LogP contribution in [0.15, 0.2) is 0 Å². The molecule has 0 rings (SSSR count). The maximum atomic E-state index is 9.30. The SMILES string of the molecule is NCCCCCC(O)C(N)CO. The molecule has 0 saturated heterocycles. The van der Waals surface area contributed by atoms with Crippen molar-refractivity contribution in [3.8, 4) is 0 Å². The number of nitrogens with two attached hydrogens (primary N) is 2. The molecular weight excluding hydrogens is 156 g/mol. The largest absolute Gasteiger partial charge is 0.395 e. The molecule has 0 bridgehead atoms. The molecule has 4 heteroatoms. The summed E-state index contributed by atoms with van der Waals surface area (Å²) >= 11 is 0. The molecule has 0 aromatic heterocycles. The van der Waals surface area contributed by atoms with Crippen LogP contribution in [0.2, 0.25) is 0 Å². The van der Waals surface area contributed by atoms with Crippen molar-refractivity contribution >= 4 is 0 Å². The standard InChI is InChI=1S/C8H20N2O2/c9-5-3-1-2-4-8(12)7(10)6-11/h7-8,11-12H,1-6,9-10H2. The van der Waals surface area contributed by atoms with E-state index in [1.165, 1.54) is 0 Å². The highest BCUT2D eigenvalue weighted by Crippen LogP contribution is 2.04. The van der Waals surface area contributed by atoms with Crippen molar-refractivity contribution in [1.29, 1.82) is 0 Å². The van der Waals surface area contributed by atoms with Crippen molar-refractivity contribution in [2.24, 2.45) is 11.5 Å². The Kier molecular flexibility index (Phi) is 7.39. The third kappa shape index (κ3) is 5.49. The monoisotopic (exact) mass is 176 g/mol. The minimum atomic E-state index is -0.576. The Balaban J connectivity index is 3.24. The third-order valence-corrected chi connectivity index (χ3v) is 1.91. The summed E-state index contributed by atoms with van der Waals surface area (Å²) < 4.78 is 0. The van der Waals surface area contributed by atoms with E-state index in [0.717, 1.165) is 19.3 Å². The summed E-state index contributed by atoms with van der Waals surface area (Å²) in [6.07, 6.45) is 3.01. The summed E-state index contributed by atoms with van der Waals surface area (Å²) in [5.74, 6) is 0. The Morgan fingerprint density at radius 1 is 1.17 bits per heavy atom. The van der Waals surface area contributed by atoms with Gasteiger partial charge in [-0.1, -0.05) is 12.8 Å². The minimum absolute atomic E-state index is 0.155. The lowest BCUT2D eigenvalue weighted by Gasteiger charge is -2.15. The molecule has 0 saturated carbocycles. The number of aliphatic hydroxyl groups excluding tert-OH is 2. The second-order valence-corrected chi connectivity index (χ2v) is 3.05. The van der Waals surface area contributed by atoms with Crippen LogP contribution < -0.4 is 11.5 Å². The van der Waals surface area contributed by atoms with Gasteiger partial charge in [-0.3, -0.25) is 0 Å². The number of hydrogen-bond acceptors (Lipinski definition) is 4. The van der Waals surface area contributed by atoms with E-state index in [0.29, 0.717) is 13.0 Å². The van der Waals surface area contributed by atoms with Gasteiger partial charge in [-0.05, 0) is 19.4 Å². The summed E-state index contributed by atoms with van der Waals surface area (Å²) in [5, 5.41) is 17.9. The summed E-state index contributed by atoms with van der Waals surface area (Å²) in [6.45, 7) is 0.542. The second kappa shape index (κ2) is 7.49. The zero-order valence-electron chi connectivity index (χ0n) is 7.45. The predicted molar refractivity (Wildman–Crippen MR) is 48.6 cm³/mol. The lowest BCUT2D eigenvalue weighted by Crippen LogP contribution is -2.37. The fourth-order valence-corrected chi connectivity index (χ4v) is 1.01. The van der Waals surface area contributed by atoms with Gasteiger partial charge < -0.3 is 21.7 Å². The average Bonchev–Trinajstić information content (AvgIpc) is 2.10. The van der Waals surface area contributed by atoms with Crippen molar-refractivity contribution in [3.63, 3.8) is 0 Å². The molecule has 12 heavy (non-hydrogen) atoms. The highest BCUT2D eigenvalue weighted by molar-refractivity contribution is 4.70. The van der Waals surface area contributed by atoms with Crippen LogP contribution in [0.3, 0.4) is 0 Å². The Labute approximate surface area is 73.6 Å². The smallest absolute Gasteiger partial charge is 0.0713 e. The van der Waals surface area contributed by atoms with Crippen LogP contribution in [0.5, 0.6) is 0 Å². The molecule has 0 spiro atoms. The summed E-state index contributed by atoms with van der Waals surface area (Å²) in [5.41, 5.74) is 10.7. The first-order chi connectivity index (χ1) is 5.72.